The largest absolute Gasteiger partial charge is 0.481 e. The number of carbonyl (C=O) groups is 3. The first-order chi connectivity index (χ1) is 21.3. The fraction of sp³-hybridized carbons (Fsp3) is 0.485. The van der Waals surface area contributed by atoms with Crippen molar-refractivity contribution in [3.8, 4) is 0 Å². The maximum Gasteiger partial charge on any atom is 0.303 e. The molecule has 1 unspecified atom stereocenters. The number of carboxylic acids is 2. The number of hydrogen-bond acceptors (Lipinski definition) is 8. The first-order valence-corrected chi connectivity index (χ1v) is 15.9. The van der Waals surface area contributed by atoms with Crippen LogP contribution < -0.4 is 21.4 Å². The molecule has 1 spiro atoms. The third-order valence-corrected chi connectivity index (χ3v) is 9.98. The van der Waals surface area contributed by atoms with E-state index in [9.17, 15) is 24.6 Å². The lowest BCUT2D eigenvalue weighted by molar-refractivity contribution is -0.138. The number of amides is 1. The quantitative estimate of drug-likeness (QED) is 0.125. The van der Waals surface area contributed by atoms with Crippen molar-refractivity contribution in [2.45, 2.75) is 89.9 Å². The van der Waals surface area contributed by atoms with Crippen LogP contribution in [0.2, 0.25) is 0 Å². The molecule has 0 saturated carbocycles. The second-order valence-electron chi connectivity index (χ2n) is 12.5. The van der Waals surface area contributed by atoms with Crippen LogP contribution in [-0.2, 0) is 25.6 Å². The molecule has 12 heteroatoms. The van der Waals surface area contributed by atoms with Crippen molar-refractivity contribution >= 4 is 42.6 Å². The zero-order valence-electron chi connectivity index (χ0n) is 26.3. The van der Waals surface area contributed by atoms with Gasteiger partial charge in [-0.15, -0.1) is 5.48 Å². The Morgan fingerprint density at radius 1 is 1.07 bits per heavy atom. The molecule has 5 rings (SSSR count). The summed E-state index contributed by atoms with van der Waals surface area (Å²) in [5, 5.41) is 29.1. The third kappa shape index (κ3) is 6.42. The molecule has 0 aliphatic carbocycles. The Morgan fingerprint density at radius 3 is 2.31 bits per heavy atom. The van der Waals surface area contributed by atoms with E-state index < -0.39 is 17.8 Å². The number of H-pyrrole nitrogens is 1. The van der Waals surface area contributed by atoms with Crippen LogP contribution in [-0.4, -0.2) is 56.2 Å². The number of allylic oxidation sites excluding steroid dienone is 2. The molecule has 6 atom stereocenters. The molecular weight excluding hydrogens is 594 g/mol. The monoisotopic (exact) mass is 637 g/mol. The number of nitrogens with one attached hydrogen (secondary N) is 5. The zero-order valence-corrected chi connectivity index (χ0v) is 27.2. The van der Waals surface area contributed by atoms with Gasteiger partial charge in [-0.1, -0.05) is 26.5 Å². The Bertz CT molecular complexity index is 1560. The van der Waals surface area contributed by atoms with Gasteiger partial charge in [0.1, 0.15) is 0 Å². The predicted molar refractivity (Wildman–Crippen MR) is 175 cm³/mol. The molecule has 2 fully saturated rings. The van der Waals surface area contributed by atoms with Gasteiger partial charge < -0.3 is 25.8 Å². The lowest BCUT2D eigenvalue weighted by Crippen LogP contribution is -2.41. The van der Waals surface area contributed by atoms with Crippen LogP contribution in [0.3, 0.4) is 0 Å². The first kappa shape index (κ1) is 32.8. The third-order valence-electron chi connectivity index (χ3n) is 9.66. The maximum absolute atomic E-state index is 12.5. The van der Waals surface area contributed by atoms with Crippen molar-refractivity contribution in [1.82, 2.24) is 26.4 Å². The highest BCUT2D eigenvalue weighted by atomic mass is 32.1. The van der Waals surface area contributed by atoms with Crippen molar-refractivity contribution in [2.24, 2.45) is 11.8 Å². The van der Waals surface area contributed by atoms with Crippen LogP contribution in [0.5, 0.6) is 0 Å². The molecular formula is C33H43N5O6S. The average Bonchev–Trinajstić information content (AvgIpc) is 3.37. The maximum atomic E-state index is 12.5. The number of hydrogen-bond donors (Lipinski definition) is 8. The summed E-state index contributed by atoms with van der Waals surface area (Å²) >= 11 is 4.64. The average molecular weight is 638 g/mol. The Kier molecular flexibility index (Phi) is 9.23. The summed E-state index contributed by atoms with van der Waals surface area (Å²) in [6, 6.07) is -0.0656. The summed E-state index contributed by atoms with van der Waals surface area (Å²) < 4.78 is 0. The van der Waals surface area contributed by atoms with Gasteiger partial charge in [0.05, 0.1) is 0 Å². The van der Waals surface area contributed by atoms with Gasteiger partial charge in [0, 0.05) is 70.4 Å². The van der Waals surface area contributed by atoms with Gasteiger partial charge in [0.2, 0.25) is 11.8 Å². The number of rotatable bonds is 12. The number of carboxylic acid groups (broad SMARTS) is 2. The molecule has 11 nitrogen and oxygen atoms in total. The van der Waals surface area contributed by atoms with E-state index in [0.717, 1.165) is 56.2 Å². The fourth-order valence-corrected chi connectivity index (χ4v) is 7.43. The van der Waals surface area contributed by atoms with Gasteiger partial charge in [-0.25, -0.2) is 0 Å². The van der Waals surface area contributed by atoms with Crippen LogP contribution in [0.4, 0.5) is 0 Å². The van der Waals surface area contributed by atoms with Gasteiger partial charge in [-0.3, -0.25) is 24.5 Å². The van der Waals surface area contributed by atoms with E-state index in [0.29, 0.717) is 19.3 Å². The molecule has 4 aliphatic heterocycles. The van der Waals surface area contributed by atoms with E-state index in [4.69, 9.17) is 4.84 Å². The zero-order chi connectivity index (χ0) is 32.8. The molecule has 7 N–H and O–H groups in total. The highest BCUT2D eigenvalue weighted by Crippen LogP contribution is 2.40. The van der Waals surface area contributed by atoms with E-state index in [-0.39, 0.29) is 47.9 Å². The van der Waals surface area contributed by atoms with Crippen molar-refractivity contribution in [3.05, 3.63) is 68.9 Å². The van der Waals surface area contributed by atoms with E-state index in [1.165, 1.54) is 0 Å². The molecule has 0 radical (unpaired) electrons. The number of hydroxylamine groups is 1. The molecule has 4 aliphatic rings. The second-order valence-corrected chi connectivity index (χ2v) is 13.3. The normalized spacial score (nSPS) is 30.0. The molecule has 1 aromatic rings. The van der Waals surface area contributed by atoms with E-state index in [1.807, 2.05) is 39.8 Å². The first-order valence-electron chi connectivity index (χ1n) is 15.4. The van der Waals surface area contributed by atoms with Crippen LogP contribution in [0.25, 0.3) is 12.2 Å². The highest BCUT2D eigenvalue weighted by Gasteiger charge is 2.55. The molecule has 1 amide bonds. The number of carbonyl (C=O) groups excluding carboxylic acids is 1. The van der Waals surface area contributed by atoms with Crippen molar-refractivity contribution < 1.29 is 29.4 Å². The standard InChI is InChI=1S/C33H43N5O6S/c1-7-22-17(4)25(37-33(22)38-44-33)12-23-15(2)20(8-10-29(39)40)26(34-23)14-27-21(9-11-30(41)42)16(3)24(35-27)13-28-31(19(6)45)18(5)32(43)36-28/h7,13-14,18-19,23,25,31,34-35,37-38,45H,1,8-12H2,2-6H3,(H,36,43)(H,39,40)(H,41,42)/b26-14-,28-13-/t18-,19-,23?,25-,31+,33-/m1/s1. The van der Waals surface area contributed by atoms with Crippen LogP contribution in [0.15, 0.2) is 46.3 Å². The number of aromatic nitrogens is 1. The summed E-state index contributed by atoms with van der Waals surface area (Å²) in [5.74, 6) is -2.82. The van der Waals surface area contributed by atoms with Crippen molar-refractivity contribution in [1.29, 1.82) is 0 Å². The topological polar surface area (TPSA) is 178 Å². The molecule has 5 heterocycles. The van der Waals surface area contributed by atoms with Gasteiger partial charge in [-0.05, 0) is 80.0 Å². The molecule has 45 heavy (non-hydrogen) atoms. The van der Waals surface area contributed by atoms with Crippen molar-refractivity contribution in [2.75, 3.05) is 0 Å². The minimum absolute atomic E-state index is 0.00351. The number of thiol groups is 1. The Morgan fingerprint density at radius 2 is 1.73 bits per heavy atom. The minimum atomic E-state index is -0.898. The lowest BCUT2D eigenvalue weighted by Gasteiger charge is -2.20. The molecule has 0 bridgehead atoms. The summed E-state index contributed by atoms with van der Waals surface area (Å²) in [7, 11) is 0. The van der Waals surface area contributed by atoms with E-state index >= 15 is 0 Å². The van der Waals surface area contributed by atoms with E-state index in [2.05, 4.69) is 52.5 Å². The summed E-state index contributed by atoms with van der Waals surface area (Å²) in [6.45, 7) is 13.8. The molecule has 1 aromatic heterocycles. The van der Waals surface area contributed by atoms with Gasteiger partial charge in [-0.2, -0.15) is 12.6 Å². The molecule has 242 valence electrons. The van der Waals surface area contributed by atoms with Crippen molar-refractivity contribution in [3.63, 3.8) is 0 Å². The van der Waals surface area contributed by atoms with Gasteiger partial charge >= 0.3 is 11.9 Å². The SMILES string of the molecule is C=CC1=C(C)[C@@H](CC2N/C(=C\c3[nH]c(/C=C4\NC(=O)[C@H](C)[C@H]4[C@@H](C)S)c(C)c3CCC(=O)O)C(CCC(=O)O)=C2C)N[C@@]12NO2. The molecule has 2 saturated heterocycles. The minimum Gasteiger partial charge on any atom is -0.481 e. The van der Waals surface area contributed by atoms with Crippen LogP contribution in [0, 0.1) is 18.8 Å². The smallest absolute Gasteiger partial charge is 0.303 e. The summed E-state index contributed by atoms with van der Waals surface area (Å²) in [6.07, 6.45) is 6.98. The van der Waals surface area contributed by atoms with Gasteiger partial charge in [0.25, 0.3) is 0 Å². The Hall–Kier alpha value is -3.58. The van der Waals surface area contributed by atoms with Crippen LogP contribution >= 0.6 is 12.6 Å². The predicted octanol–water partition coefficient (Wildman–Crippen LogP) is 3.93. The second kappa shape index (κ2) is 12.7. The molecule has 0 aromatic carbocycles. The van der Waals surface area contributed by atoms with Gasteiger partial charge in [0.15, 0.2) is 0 Å². The Labute approximate surface area is 268 Å². The number of aliphatic carboxylic acids is 2. The fourth-order valence-electron chi connectivity index (χ4n) is 7.01. The van der Waals surface area contributed by atoms with Crippen LogP contribution in [0.1, 0.15) is 75.9 Å². The Balaban J connectivity index is 1.51. The highest BCUT2D eigenvalue weighted by molar-refractivity contribution is 7.80. The summed E-state index contributed by atoms with van der Waals surface area (Å²) in [5.41, 5.74) is 11.9. The number of aromatic amines is 1. The summed E-state index contributed by atoms with van der Waals surface area (Å²) in [4.78, 5) is 44.7. The lowest BCUT2D eigenvalue weighted by atomic mass is 9.91. The van der Waals surface area contributed by atoms with E-state index in [1.54, 1.807) is 6.08 Å².